The number of anilines is 1. The molecule has 0 radical (unpaired) electrons. The molecule has 0 saturated carbocycles. The van der Waals surface area contributed by atoms with E-state index in [4.69, 9.17) is 0 Å². The number of thiazole rings is 1. The first-order valence-electron chi connectivity index (χ1n) is 10.9. The standard InChI is InChI=1S/C22H15F17N2OS/c1-14(2,3)10-6-4-9(5-7-10)11-8-43-13(40-11)41-12(42)15(23,24)16(25,26)17(27,28)18(29,30)19(31,32)20(33,34)21(35,36)22(37,38)39/h4-8H,1-3H3,(H,40,41,42). The zero-order valence-corrected chi connectivity index (χ0v) is 21.9. The summed E-state index contributed by atoms with van der Waals surface area (Å²) in [5.41, 5.74) is 0.506. The smallest absolute Gasteiger partial charge is 0.296 e. The van der Waals surface area contributed by atoms with E-state index in [1.807, 2.05) is 20.8 Å². The van der Waals surface area contributed by atoms with Gasteiger partial charge in [-0.2, -0.15) is 74.6 Å². The fraction of sp³-hybridized carbons (Fsp3) is 0.545. The number of alkyl halides is 17. The van der Waals surface area contributed by atoms with Gasteiger partial charge in [0, 0.05) is 10.9 Å². The van der Waals surface area contributed by atoms with Crippen molar-refractivity contribution in [2.24, 2.45) is 0 Å². The van der Waals surface area contributed by atoms with E-state index >= 15 is 0 Å². The lowest BCUT2D eigenvalue weighted by molar-refractivity contribution is -0.459. The molecule has 0 bridgehead atoms. The number of aromatic nitrogens is 1. The van der Waals surface area contributed by atoms with Crippen LogP contribution < -0.4 is 5.32 Å². The van der Waals surface area contributed by atoms with E-state index < -0.39 is 58.7 Å². The number of rotatable bonds is 9. The van der Waals surface area contributed by atoms with E-state index in [0.717, 1.165) is 16.3 Å². The largest absolute Gasteiger partial charge is 0.460 e. The molecule has 0 aliphatic heterocycles. The van der Waals surface area contributed by atoms with E-state index in [1.54, 1.807) is 12.1 Å². The first-order chi connectivity index (χ1) is 18.8. The van der Waals surface area contributed by atoms with Gasteiger partial charge >= 0.3 is 53.5 Å². The first kappa shape index (κ1) is 36.3. The molecule has 1 aromatic heterocycles. The van der Waals surface area contributed by atoms with Crippen molar-refractivity contribution in [3.8, 4) is 11.3 Å². The summed E-state index contributed by atoms with van der Waals surface area (Å²) < 4.78 is 228. The topological polar surface area (TPSA) is 42.0 Å². The Morgan fingerprint density at radius 1 is 0.628 bits per heavy atom. The number of halogens is 17. The predicted molar refractivity (Wildman–Crippen MR) is 116 cm³/mol. The molecule has 0 fully saturated rings. The Kier molecular flexibility index (Phi) is 8.74. The van der Waals surface area contributed by atoms with Crippen LogP contribution in [0.2, 0.25) is 0 Å². The van der Waals surface area contributed by atoms with Gasteiger partial charge in [-0.25, -0.2) is 4.98 Å². The minimum absolute atomic E-state index is 0.153. The summed E-state index contributed by atoms with van der Waals surface area (Å²) in [7, 11) is 0. The Labute approximate surface area is 233 Å². The van der Waals surface area contributed by atoms with Gasteiger partial charge in [0.15, 0.2) is 5.13 Å². The Morgan fingerprint density at radius 3 is 1.42 bits per heavy atom. The minimum atomic E-state index is -8.77. The summed E-state index contributed by atoms with van der Waals surface area (Å²) in [5.74, 6) is -62.0. The fourth-order valence-electron chi connectivity index (χ4n) is 3.09. The van der Waals surface area contributed by atoms with Crippen LogP contribution in [0.4, 0.5) is 79.8 Å². The van der Waals surface area contributed by atoms with Crippen molar-refractivity contribution in [2.75, 3.05) is 5.32 Å². The molecule has 21 heteroatoms. The van der Waals surface area contributed by atoms with Gasteiger partial charge in [-0.05, 0) is 11.0 Å². The normalized spacial score (nSPS) is 15.1. The highest BCUT2D eigenvalue weighted by atomic mass is 32.1. The highest BCUT2D eigenvalue weighted by Gasteiger charge is 2.95. The summed E-state index contributed by atoms with van der Waals surface area (Å²) in [6.07, 6.45) is -7.85. The molecule has 0 aliphatic rings. The number of carbonyl (C=O) groups excluding carboxylic acids is 1. The van der Waals surface area contributed by atoms with Crippen LogP contribution in [-0.2, 0) is 10.2 Å². The molecule has 1 amide bonds. The maximum absolute atomic E-state index is 14.1. The first-order valence-corrected chi connectivity index (χ1v) is 11.8. The van der Waals surface area contributed by atoms with E-state index in [2.05, 4.69) is 4.98 Å². The zero-order chi connectivity index (χ0) is 34.0. The molecule has 2 aromatic rings. The number of hydrogen-bond acceptors (Lipinski definition) is 3. The van der Waals surface area contributed by atoms with Gasteiger partial charge in [-0.1, -0.05) is 45.0 Å². The van der Waals surface area contributed by atoms with Crippen LogP contribution in [-0.4, -0.2) is 58.5 Å². The van der Waals surface area contributed by atoms with Gasteiger partial charge in [0.2, 0.25) is 0 Å². The van der Waals surface area contributed by atoms with Crippen molar-refractivity contribution in [3.63, 3.8) is 0 Å². The average Bonchev–Trinajstić information content (AvgIpc) is 3.30. The monoisotopic (exact) mass is 678 g/mol. The van der Waals surface area contributed by atoms with Gasteiger partial charge < -0.3 is 0 Å². The van der Waals surface area contributed by atoms with Gasteiger partial charge in [-0.15, -0.1) is 11.3 Å². The lowest BCUT2D eigenvalue weighted by Gasteiger charge is -2.42. The van der Waals surface area contributed by atoms with Crippen LogP contribution in [0.5, 0.6) is 0 Å². The molecule has 0 unspecified atom stereocenters. The van der Waals surface area contributed by atoms with Gasteiger partial charge in [-0.3, -0.25) is 10.1 Å². The van der Waals surface area contributed by atoms with Crippen LogP contribution >= 0.6 is 11.3 Å². The summed E-state index contributed by atoms with van der Waals surface area (Å²) in [5, 5.41) is 0.706. The van der Waals surface area contributed by atoms with Crippen molar-refractivity contribution in [1.29, 1.82) is 0 Å². The summed E-state index contributed by atoms with van der Waals surface area (Å²) in [6, 6.07) is 6.00. The van der Waals surface area contributed by atoms with Gasteiger partial charge in [0.25, 0.3) is 0 Å². The van der Waals surface area contributed by atoms with Crippen LogP contribution in [0.3, 0.4) is 0 Å². The molecule has 1 aromatic carbocycles. The summed E-state index contributed by atoms with van der Waals surface area (Å²) in [4.78, 5) is 15.2. The molecule has 0 spiro atoms. The highest BCUT2D eigenvalue weighted by Crippen LogP contribution is 2.64. The Balaban J connectivity index is 2.43. The molecule has 2 rings (SSSR count). The molecular weight excluding hydrogens is 663 g/mol. The summed E-state index contributed by atoms with van der Waals surface area (Å²) in [6.45, 7) is 5.49. The Bertz CT molecular complexity index is 1320. The number of amides is 1. The lowest BCUT2D eigenvalue weighted by atomic mass is 9.86. The van der Waals surface area contributed by atoms with Crippen LogP contribution in [0.25, 0.3) is 11.3 Å². The molecule has 1 heterocycles. The van der Waals surface area contributed by atoms with Crippen molar-refractivity contribution in [2.45, 2.75) is 73.8 Å². The number of carbonyl (C=O) groups is 1. The van der Waals surface area contributed by atoms with Crippen molar-refractivity contribution >= 4 is 22.4 Å². The molecule has 43 heavy (non-hydrogen) atoms. The van der Waals surface area contributed by atoms with Gasteiger partial charge in [0.05, 0.1) is 5.69 Å². The lowest BCUT2D eigenvalue weighted by Crippen LogP contribution is -2.75. The molecule has 1 N–H and O–H groups in total. The van der Waals surface area contributed by atoms with Crippen LogP contribution in [0, 0.1) is 0 Å². The minimum Gasteiger partial charge on any atom is -0.296 e. The van der Waals surface area contributed by atoms with Gasteiger partial charge in [0.1, 0.15) is 0 Å². The number of nitrogens with one attached hydrogen (secondary N) is 1. The fourth-order valence-corrected chi connectivity index (χ4v) is 3.80. The van der Waals surface area contributed by atoms with Crippen LogP contribution in [0.15, 0.2) is 29.6 Å². The molecule has 0 aliphatic carbocycles. The highest BCUT2D eigenvalue weighted by molar-refractivity contribution is 7.14. The Hall–Kier alpha value is -2.87. The number of benzene rings is 1. The van der Waals surface area contributed by atoms with Crippen LogP contribution in [0.1, 0.15) is 26.3 Å². The Morgan fingerprint density at radius 2 is 1.02 bits per heavy atom. The van der Waals surface area contributed by atoms with E-state index in [1.165, 1.54) is 12.1 Å². The molecule has 3 nitrogen and oxygen atoms in total. The predicted octanol–water partition coefficient (Wildman–Crippen LogP) is 9.06. The maximum Gasteiger partial charge on any atom is 0.460 e. The summed E-state index contributed by atoms with van der Waals surface area (Å²) >= 11 is 0.169. The third kappa shape index (κ3) is 5.49. The second-order valence-corrected chi connectivity index (χ2v) is 10.7. The third-order valence-corrected chi connectivity index (χ3v) is 6.54. The molecule has 244 valence electrons. The molecular formula is C22H15F17N2OS. The van der Waals surface area contributed by atoms with E-state index in [9.17, 15) is 79.4 Å². The third-order valence-electron chi connectivity index (χ3n) is 5.78. The average molecular weight is 678 g/mol. The SMILES string of the molecule is CC(C)(C)c1ccc(-c2csc(NC(=O)C(F)(F)C(F)(F)C(F)(F)C(F)(F)C(F)(F)C(F)(F)C(F)(F)C(F)(F)F)n2)cc1. The second-order valence-electron chi connectivity index (χ2n) is 9.84. The maximum atomic E-state index is 14.1. The number of nitrogens with zero attached hydrogens (tertiary/aromatic N) is 1. The van der Waals surface area contributed by atoms with Crippen molar-refractivity contribution < 1.29 is 79.4 Å². The van der Waals surface area contributed by atoms with Crippen molar-refractivity contribution in [3.05, 3.63) is 35.2 Å². The van der Waals surface area contributed by atoms with Crippen molar-refractivity contribution in [1.82, 2.24) is 4.98 Å². The zero-order valence-electron chi connectivity index (χ0n) is 21.1. The van der Waals surface area contributed by atoms with E-state index in [0.29, 0.717) is 0 Å². The van der Waals surface area contributed by atoms with E-state index in [-0.39, 0.29) is 28.0 Å². The quantitative estimate of drug-likeness (QED) is 0.269. The molecule has 0 saturated heterocycles. The molecule has 0 atom stereocenters. The number of hydrogen-bond donors (Lipinski definition) is 1. The second kappa shape index (κ2) is 10.4.